The van der Waals surface area contributed by atoms with Gasteiger partial charge >= 0.3 is 6.18 Å². The zero-order valence-corrected chi connectivity index (χ0v) is 13.1. The van der Waals surface area contributed by atoms with Crippen LogP contribution in [0.25, 0.3) is 0 Å². The van der Waals surface area contributed by atoms with Crippen LogP contribution in [0.5, 0.6) is 0 Å². The highest BCUT2D eigenvalue weighted by Crippen LogP contribution is 2.34. The van der Waals surface area contributed by atoms with E-state index in [0.29, 0.717) is 18.0 Å². The van der Waals surface area contributed by atoms with E-state index in [1.807, 2.05) is 6.92 Å². The lowest BCUT2D eigenvalue weighted by atomic mass is 9.95. The van der Waals surface area contributed by atoms with E-state index in [4.69, 9.17) is 5.73 Å². The Labute approximate surface area is 131 Å². The topological polar surface area (TPSA) is 68.0 Å². The van der Waals surface area contributed by atoms with Gasteiger partial charge in [0.1, 0.15) is 5.01 Å². The zero-order valence-electron chi connectivity index (χ0n) is 12.3. The number of nitrogens with one attached hydrogen (secondary N) is 1. The molecule has 4 nitrogen and oxygen atoms in total. The summed E-state index contributed by atoms with van der Waals surface area (Å²) in [5, 5.41) is 4.13. The van der Waals surface area contributed by atoms with Crippen molar-refractivity contribution in [3.8, 4) is 0 Å². The molecule has 22 heavy (non-hydrogen) atoms. The van der Waals surface area contributed by atoms with Crippen molar-refractivity contribution < 1.29 is 18.0 Å². The Hall–Kier alpha value is -1.15. The molecule has 124 valence electrons. The summed E-state index contributed by atoms with van der Waals surface area (Å²) in [6.45, 7) is 2.28. The summed E-state index contributed by atoms with van der Waals surface area (Å²) in [5.41, 5.74) is 4.77. The van der Waals surface area contributed by atoms with Gasteiger partial charge in [-0.3, -0.25) is 4.79 Å². The summed E-state index contributed by atoms with van der Waals surface area (Å²) in [6.07, 6.45) is -1.27. The number of hydrogen-bond acceptors (Lipinski definition) is 4. The quantitative estimate of drug-likeness (QED) is 0.869. The minimum absolute atomic E-state index is 0.122. The van der Waals surface area contributed by atoms with Gasteiger partial charge in [-0.15, -0.1) is 11.3 Å². The molecule has 8 heteroatoms. The highest BCUT2D eigenvalue weighted by molar-refractivity contribution is 7.09. The van der Waals surface area contributed by atoms with Gasteiger partial charge in [0.25, 0.3) is 0 Å². The minimum atomic E-state index is -4.45. The van der Waals surface area contributed by atoms with E-state index in [2.05, 4.69) is 10.3 Å². The molecule has 1 aliphatic carbocycles. The molecule has 0 bridgehead atoms. The summed E-state index contributed by atoms with van der Waals surface area (Å²) in [5.74, 6) is -0.0933. The van der Waals surface area contributed by atoms with Crippen molar-refractivity contribution in [1.29, 1.82) is 0 Å². The van der Waals surface area contributed by atoms with Crippen LogP contribution in [0.1, 0.15) is 49.4 Å². The van der Waals surface area contributed by atoms with Gasteiger partial charge in [-0.1, -0.05) is 13.3 Å². The first-order valence-corrected chi connectivity index (χ1v) is 8.27. The standard InChI is InChI=1S/C14H20F3N3OS/c1-2-10(13-20-11(7-22-13)14(15,16)17)19-12(21)9-5-3-4-8(9)6-18/h7-10H,2-6,18H2,1H3,(H,19,21)/t8-,9-,10?/m1/s1. The highest BCUT2D eigenvalue weighted by atomic mass is 32.1. The van der Waals surface area contributed by atoms with Gasteiger partial charge in [0.05, 0.1) is 6.04 Å². The molecule has 3 N–H and O–H groups in total. The van der Waals surface area contributed by atoms with Crippen molar-refractivity contribution in [2.45, 2.75) is 44.8 Å². The fraction of sp³-hybridized carbons (Fsp3) is 0.714. The van der Waals surface area contributed by atoms with Crippen LogP contribution in [0.15, 0.2) is 5.38 Å². The third-order valence-corrected chi connectivity index (χ3v) is 5.09. The molecule has 0 saturated heterocycles. The van der Waals surface area contributed by atoms with E-state index in [-0.39, 0.29) is 17.7 Å². The van der Waals surface area contributed by atoms with E-state index in [1.54, 1.807) is 0 Å². The van der Waals surface area contributed by atoms with Crippen molar-refractivity contribution >= 4 is 17.2 Å². The second kappa shape index (κ2) is 6.95. The van der Waals surface area contributed by atoms with E-state index in [1.165, 1.54) is 0 Å². The monoisotopic (exact) mass is 335 g/mol. The van der Waals surface area contributed by atoms with Crippen LogP contribution in [0.3, 0.4) is 0 Å². The predicted molar refractivity (Wildman–Crippen MR) is 78.2 cm³/mol. The maximum absolute atomic E-state index is 12.6. The highest BCUT2D eigenvalue weighted by Gasteiger charge is 2.36. The van der Waals surface area contributed by atoms with E-state index in [9.17, 15) is 18.0 Å². The van der Waals surface area contributed by atoms with Crippen LogP contribution >= 0.6 is 11.3 Å². The van der Waals surface area contributed by atoms with Gasteiger partial charge in [-0.25, -0.2) is 4.98 Å². The first kappa shape index (κ1) is 17.2. The number of alkyl halides is 3. The summed E-state index contributed by atoms with van der Waals surface area (Å²) >= 11 is 0.930. The summed E-state index contributed by atoms with van der Waals surface area (Å²) < 4.78 is 37.9. The third kappa shape index (κ3) is 3.78. The smallest absolute Gasteiger partial charge is 0.347 e. The lowest BCUT2D eigenvalue weighted by Crippen LogP contribution is -2.37. The van der Waals surface area contributed by atoms with Gasteiger partial charge < -0.3 is 11.1 Å². The molecular weight excluding hydrogens is 315 g/mol. The number of aromatic nitrogens is 1. The Morgan fingerprint density at radius 1 is 1.55 bits per heavy atom. The van der Waals surface area contributed by atoms with Crippen LogP contribution in [0, 0.1) is 11.8 Å². The Bertz CT molecular complexity index is 518. The molecule has 1 aliphatic rings. The molecule has 1 fully saturated rings. The van der Waals surface area contributed by atoms with Crippen LogP contribution < -0.4 is 11.1 Å². The number of hydrogen-bond donors (Lipinski definition) is 2. The number of thiazole rings is 1. The average Bonchev–Trinajstić information content (AvgIpc) is 3.11. The largest absolute Gasteiger partial charge is 0.434 e. The third-order valence-electron chi connectivity index (χ3n) is 4.13. The molecule has 0 aromatic carbocycles. The fourth-order valence-electron chi connectivity index (χ4n) is 2.86. The summed E-state index contributed by atoms with van der Waals surface area (Å²) in [7, 11) is 0. The van der Waals surface area contributed by atoms with Crippen LogP contribution in [0.2, 0.25) is 0 Å². The first-order valence-electron chi connectivity index (χ1n) is 7.39. The number of nitrogens with zero attached hydrogens (tertiary/aromatic N) is 1. The predicted octanol–water partition coefficient (Wildman–Crippen LogP) is 3.10. The van der Waals surface area contributed by atoms with Crippen molar-refractivity contribution in [1.82, 2.24) is 10.3 Å². The molecule has 1 aromatic heterocycles. The maximum atomic E-state index is 12.6. The van der Waals surface area contributed by atoms with Crippen LogP contribution in [-0.2, 0) is 11.0 Å². The second-order valence-corrected chi connectivity index (χ2v) is 6.46. The Morgan fingerprint density at radius 3 is 2.82 bits per heavy atom. The minimum Gasteiger partial charge on any atom is -0.347 e. The zero-order chi connectivity index (χ0) is 16.3. The molecule has 1 aromatic rings. The number of carbonyl (C=O) groups is 1. The van der Waals surface area contributed by atoms with Gasteiger partial charge in [0.15, 0.2) is 5.69 Å². The van der Waals surface area contributed by atoms with Crippen molar-refractivity contribution in [2.24, 2.45) is 17.6 Å². The molecule has 1 saturated carbocycles. The fourth-order valence-corrected chi connectivity index (χ4v) is 3.82. The summed E-state index contributed by atoms with van der Waals surface area (Å²) in [4.78, 5) is 16.0. The number of carbonyl (C=O) groups excluding carboxylic acids is 1. The Kier molecular flexibility index (Phi) is 5.44. The lowest BCUT2D eigenvalue weighted by Gasteiger charge is -2.21. The summed E-state index contributed by atoms with van der Waals surface area (Å²) in [6, 6.07) is -0.479. The van der Waals surface area contributed by atoms with Crippen LogP contribution in [-0.4, -0.2) is 17.4 Å². The molecule has 2 rings (SSSR count). The Balaban J connectivity index is 2.06. The molecule has 1 amide bonds. The van der Waals surface area contributed by atoms with Gasteiger partial charge in [-0.2, -0.15) is 13.2 Å². The second-order valence-electron chi connectivity index (χ2n) is 5.57. The van der Waals surface area contributed by atoms with Gasteiger partial charge in [-0.05, 0) is 31.7 Å². The number of rotatable bonds is 5. The van der Waals surface area contributed by atoms with Crippen molar-refractivity contribution in [3.05, 3.63) is 16.1 Å². The Morgan fingerprint density at radius 2 is 2.27 bits per heavy atom. The number of nitrogens with two attached hydrogens (primary N) is 1. The van der Waals surface area contributed by atoms with Gasteiger partial charge in [0, 0.05) is 11.3 Å². The lowest BCUT2D eigenvalue weighted by molar-refractivity contribution is -0.140. The molecule has 0 radical (unpaired) electrons. The number of halogens is 3. The van der Waals surface area contributed by atoms with E-state index < -0.39 is 17.9 Å². The molecular formula is C14H20F3N3OS. The average molecular weight is 335 g/mol. The SMILES string of the molecule is CCC(NC(=O)[C@@H]1CCC[C@@H]1CN)c1nc(C(F)(F)F)cs1. The van der Waals surface area contributed by atoms with Crippen molar-refractivity contribution in [3.63, 3.8) is 0 Å². The molecule has 3 atom stereocenters. The van der Waals surface area contributed by atoms with E-state index in [0.717, 1.165) is 36.0 Å². The molecule has 1 heterocycles. The van der Waals surface area contributed by atoms with Crippen molar-refractivity contribution in [2.75, 3.05) is 6.54 Å². The normalized spacial score (nSPS) is 23.5. The molecule has 1 unspecified atom stereocenters. The van der Waals surface area contributed by atoms with Gasteiger partial charge in [0.2, 0.25) is 5.91 Å². The number of amides is 1. The van der Waals surface area contributed by atoms with E-state index >= 15 is 0 Å². The van der Waals surface area contributed by atoms with Crippen LogP contribution in [0.4, 0.5) is 13.2 Å². The first-order chi connectivity index (χ1) is 10.4. The molecule has 0 aliphatic heterocycles. The maximum Gasteiger partial charge on any atom is 0.434 e. The molecule has 0 spiro atoms.